The second-order valence-corrected chi connectivity index (χ2v) is 11.3. The molecule has 38 heavy (non-hydrogen) atoms. The van der Waals surface area contributed by atoms with Gasteiger partial charge in [-0.1, -0.05) is 49.4 Å². The minimum Gasteiger partial charge on any atom is -0.498 e. The smallest absolute Gasteiger partial charge is 0.334 e. The summed E-state index contributed by atoms with van der Waals surface area (Å²) in [5, 5.41) is 3.86. The Kier molecular flexibility index (Phi) is 12.7. The van der Waals surface area contributed by atoms with Crippen molar-refractivity contribution in [3.63, 3.8) is 0 Å². The van der Waals surface area contributed by atoms with E-state index in [2.05, 4.69) is 44.6 Å². The molecule has 0 saturated heterocycles. The summed E-state index contributed by atoms with van der Waals surface area (Å²) < 4.78 is 11.6. The summed E-state index contributed by atoms with van der Waals surface area (Å²) in [6.45, 7) is 3.69. The molecule has 3 aliphatic rings. The second kappa shape index (κ2) is 15.9. The van der Waals surface area contributed by atoms with Crippen molar-refractivity contribution in [2.24, 2.45) is 5.92 Å². The maximum absolute atomic E-state index is 12.3. The molecule has 0 aromatic rings. The van der Waals surface area contributed by atoms with Gasteiger partial charge < -0.3 is 19.7 Å². The highest BCUT2D eigenvalue weighted by Crippen LogP contribution is 2.26. The maximum atomic E-state index is 12.3. The lowest BCUT2D eigenvalue weighted by molar-refractivity contribution is -0.819. The van der Waals surface area contributed by atoms with E-state index >= 15 is 0 Å². The van der Waals surface area contributed by atoms with E-state index in [4.69, 9.17) is 21.1 Å². The Bertz CT molecular complexity index is 976. The van der Waals surface area contributed by atoms with E-state index in [9.17, 15) is 9.59 Å². The van der Waals surface area contributed by atoms with Crippen molar-refractivity contribution in [3.05, 3.63) is 58.0 Å². The number of allylic oxidation sites excluding steroid dienone is 7. The highest BCUT2D eigenvalue weighted by molar-refractivity contribution is 6.29. The number of amides is 1. The predicted molar refractivity (Wildman–Crippen MR) is 152 cm³/mol. The number of halogens is 1. The molecular weight excluding hydrogens is 500 g/mol. The van der Waals surface area contributed by atoms with Crippen molar-refractivity contribution < 1.29 is 24.0 Å². The quantitative estimate of drug-likeness (QED) is 0.217. The molecule has 7 heteroatoms. The van der Waals surface area contributed by atoms with Crippen LogP contribution in [0.1, 0.15) is 84.0 Å². The molecular formula is C31H46ClN2O4+. The topological polar surface area (TPSA) is 69.1 Å². The minimum absolute atomic E-state index is 0.0703. The molecule has 2 N–H and O–H groups in total. The fourth-order valence-corrected chi connectivity index (χ4v) is 5.30. The Balaban J connectivity index is 1.14. The lowest BCUT2D eigenvalue weighted by Gasteiger charge is -2.23. The van der Waals surface area contributed by atoms with Gasteiger partial charge in [-0.25, -0.2) is 4.79 Å². The van der Waals surface area contributed by atoms with Crippen molar-refractivity contribution in [1.29, 1.82) is 0 Å². The van der Waals surface area contributed by atoms with Crippen LogP contribution in [0, 0.1) is 5.92 Å². The van der Waals surface area contributed by atoms with Gasteiger partial charge in [-0.05, 0) is 62.8 Å². The largest absolute Gasteiger partial charge is 0.498 e. The molecule has 1 amide bonds. The van der Waals surface area contributed by atoms with Crippen LogP contribution < -0.4 is 10.2 Å². The average Bonchev–Trinajstić information content (AvgIpc) is 3.26. The first-order valence-corrected chi connectivity index (χ1v) is 14.8. The molecule has 3 aliphatic carbocycles. The van der Waals surface area contributed by atoms with E-state index in [0.717, 1.165) is 62.5 Å². The van der Waals surface area contributed by atoms with E-state index in [1.807, 2.05) is 0 Å². The fourth-order valence-electron chi connectivity index (χ4n) is 5.14. The number of nitrogens with one attached hydrogen (secondary N) is 2. The number of hydrogen-bond donors (Lipinski definition) is 2. The standard InChI is InChI=1S/C31H45ClN2O4/c1-23-25(12-19-29(23)34(2)3)22-30(35)33-20-8-6-4-5-7-9-21-37-27-15-17-28(18-16-27)38-31(36)24-10-13-26(32)14-11-24/h10,12-13,15,19,23,28H,4-9,11,14,16-18,20-22H2,1-3H3,(H,33,35)/p+1. The number of esters is 1. The van der Waals surface area contributed by atoms with Crippen molar-refractivity contribution in [3.8, 4) is 0 Å². The van der Waals surface area contributed by atoms with Gasteiger partial charge >= 0.3 is 5.97 Å². The van der Waals surface area contributed by atoms with Crippen LogP contribution in [0.3, 0.4) is 0 Å². The molecule has 3 rings (SSSR count). The lowest BCUT2D eigenvalue weighted by atomic mass is 9.99. The number of ether oxygens (including phenoxy) is 2. The van der Waals surface area contributed by atoms with Crippen LogP contribution in [0.2, 0.25) is 0 Å². The molecule has 210 valence electrons. The van der Waals surface area contributed by atoms with E-state index < -0.39 is 0 Å². The number of rotatable bonds is 15. The summed E-state index contributed by atoms with van der Waals surface area (Å²) in [5.41, 5.74) is 3.26. The molecule has 0 fully saturated rings. The van der Waals surface area contributed by atoms with Crippen LogP contribution in [0.25, 0.3) is 0 Å². The number of unbranched alkanes of at least 4 members (excludes halogenated alkanes) is 5. The summed E-state index contributed by atoms with van der Waals surface area (Å²) in [4.78, 5) is 25.9. The molecule has 0 heterocycles. The number of hydrogen-bond acceptors (Lipinski definition) is 4. The van der Waals surface area contributed by atoms with Gasteiger partial charge in [0.1, 0.15) is 11.8 Å². The zero-order valence-electron chi connectivity index (χ0n) is 23.5. The molecule has 0 spiro atoms. The molecule has 0 radical (unpaired) electrons. The van der Waals surface area contributed by atoms with Crippen LogP contribution >= 0.6 is 11.6 Å². The SMILES string of the molecule is CC1C(CC(=O)NCCCCCCCCOC2=CCC(OC(=O)C3=CC=C(Cl)CC3)CC2)=CC=C1[NH+](C)C. The first-order chi connectivity index (χ1) is 18.3. The lowest BCUT2D eigenvalue weighted by Crippen LogP contribution is -3.04. The molecule has 0 aromatic heterocycles. The highest BCUT2D eigenvalue weighted by atomic mass is 35.5. The third-order valence-electron chi connectivity index (χ3n) is 7.58. The molecule has 2 atom stereocenters. The monoisotopic (exact) mass is 545 g/mol. The van der Waals surface area contributed by atoms with E-state index in [0.29, 0.717) is 37.2 Å². The van der Waals surface area contributed by atoms with Gasteiger partial charge in [-0.3, -0.25) is 4.79 Å². The summed E-state index contributed by atoms with van der Waals surface area (Å²) >= 11 is 5.96. The number of carbonyl (C=O) groups is 2. The van der Waals surface area contributed by atoms with Gasteiger partial charge in [0.15, 0.2) is 0 Å². The Hall–Kier alpha value is -2.31. The van der Waals surface area contributed by atoms with Crippen molar-refractivity contribution in [2.75, 3.05) is 27.2 Å². The number of quaternary nitrogens is 1. The van der Waals surface area contributed by atoms with Crippen LogP contribution in [0.4, 0.5) is 0 Å². The van der Waals surface area contributed by atoms with Crippen LogP contribution in [-0.4, -0.2) is 45.2 Å². The van der Waals surface area contributed by atoms with Gasteiger partial charge in [0.25, 0.3) is 0 Å². The minimum atomic E-state index is -0.219. The summed E-state index contributed by atoms with van der Waals surface area (Å²) in [7, 11) is 4.26. The van der Waals surface area contributed by atoms with Crippen molar-refractivity contribution >= 4 is 23.5 Å². The highest BCUT2D eigenvalue weighted by Gasteiger charge is 2.25. The third-order valence-corrected chi connectivity index (χ3v) is 7.89. The van der Waals surface area contributed by atoms with E-state index in [1.54, 1.807) is 12.2 Å². The molecule has 0 saturated carbocycles. The van der Waals surface area contributed by atoms with E-state index in [1.165, 1.54) is 29.0 Å². The maximum Gasteiger partial charge on any atom is 0.334 e. The van der Waals surface area contributed by atoms with Gasteiger partial charge in [0.05, 0.1) is 32.4 Å². The molecule has 0 bridgehead atoms. The Morgan fingerprint density at radius 2 is 1.76 bits per heavy atom. The summed E-state index contributed by atoms with van der Waals surface area (Å²) in [5.74, 6) is 1.30. The second-order valence-electron chi connectivity index (χ2n) is 10.9. The predicted octanol–water partition coefficient (Wildman–Crippen LogP) is 5.28. The molecule has 6 nitrogen and oxygen atoms in total. The molecule has 2 unspecified atom stereocenters. The van der Waals surface area contributed by atoms with Crippen LogP contribution in [0.5, 0.6) is 0 Å². The third kappa shape index (κ3) is 10.1. The Labute approximate surface area is 233 Å². The van der Waals surface area contributed by atoms with Crippen molar-refractivity contribution in [2.45, 2.75) is 90.1 Å². The van der Waals surface area contributed by atoms with Gasteiger partial charge in [-0.2, -0.15) is 0 Å². The van der Waals surface area contributed by atoms with Crippen molar-refractivity contribution in [1.82, 2.24) is 5.32 Å². The van der Waals surface area contributed by atoms with Crippen LogP contribution in [-0.2, 0) is 19.1 Å². The normalized spacial score (nSPS) is 21.2. The summed E-state index contributed by atoms with van der Waals surface area (Å²) in [6, 6.07) is 0. The molecule has 0 aliphatic heterocycles. The zero-order valence-corrected chi connectivity index (χ0v) is 24.2. The Morgan fingerprint density at radius 3 is 2.42 bits per heavy atom. The first kappa shape index (κ1) is 30.2. The zero-order chi connectivity index (χ0) is 27.3. The average molecular weight is 546 g/mol. The van der Waals surface area contributed by atoms with E-state index in [-0.39, 0.29) is 18.0 Å². The van der Waals surface area contributed by atoms with Gasteiger partial charge in [0, 0.05) is 36.4 Å². The Morgan fingerprint density at radius 1 is 1.00 bits per heavy atom. The number of carbonyl (C=O) groups excluding carboxylic acids is 2. The first-order valence-electron chi connectivity index (χ1n) is 14.4. The van der Waals surface area contributed by atoms with Crippen LogP contribution in [0.15, 0.2) is 58.0 Å². The molecule has 0 aromatic carbocycles. The van der Waals surface area contributed by atoms with Gasteiger partial charge in [-0.15, -0.1) is 0 Å². The fraction of sp³-hybridized carbons (Fsp3) is 0.613. The summed E-state index contributed by atoms with van der Waals surface area (Å²) in [6.07, 6.45) is 20.8. The van der Waals surface area contributed by atoms with Gasteiger partial charge in [0.2, 0.25) is 5.91 Å².